The zero-order valence-corrected chi connectivity index (χ0v) is 16.1. The molecule has 0 spiro atoms. The first kappa shape index (κ1) is 20.0. The van der Waals surface area contributed by atoms with E-state index >= 15 is 0 Å². The van der Waals surface area contributed by atoms with E-state index in [0.717, 1.165) is 6.08 Å². The Kier molecular flexibility index (Phi) is 5.87. The van der Waals surface area contributed by atoms with Gasteiger partial charge in [-0.3, -0.25) is 14.6 Å². The van der Waals surface area contributed by atoms with Crippen LogP contribution in [0.1, 0.15) is 12.5 Å². The van der Waals surface area contributed by atoms with Gasteiger partial charge >= 0.3 is 0 Å². The van der Waals surface area contributed by atoms with Crippen LogP contribution in [0.15, 0.2) is 66.4 Å². The lowest BCUT2D eigenvalue weighted by Gasteiger charge is -2.15. The maximum absolute atomic E-state index is 14.1. The molecule has 3 rings (SSSR count). The summed E-state index contributed by atoms with van der Waals surface area (Å²) in [6.45, 7) is 5.33. The summed E-state index contributed by atoms with van der Waals surface area (Å²) < 4.78 is 21.3. The van der Waals surface area contributed by atoms with E-state index in [1.165, 1.54) is 23.0 Å². The maximum atomic E-state index is 14.1. The highest BCUT2D eigenvalue weighted by atomic mass is 19.1. The molecule has 0 aliphatic heterocycles. The number of ether oxygens (including phenoxy) is 1. The SMILES string of the molecule is C=CC(=O)Nc1ccc(Oc2cnccc2F)c(-c2cc(CC)c(=O)n(C)c2)c1. The van der Waals surface area contributed by atoms with Crippen LogP contribution in [0.4, 0.5) is 10.1 Å². The molecule has 0 fully saturated rings. The van der Waals surface area contributed by atoms with Crippen molar-refractivity contribution in [3.63, 3.8) is 0 Å². The lowest BCUT2D eigenvalue weighted by molar-refractivity contribution is -0.111. The molecule has 0 aliphatic rings. The molecule has 1 amide bonds. The molecule has 0 bridgehead atoms. The van der Waals surface area contributed by atoms with E-state index in [4.69, 9.17) is 4.74 Å². The Morgan fingerprint density at radius 1 is 1.31 bits per heavy atom. The molecule has 2 heterocycles. The molecule has 1 N–H and O–H groups in total. The molecular formula is C22H20FN3O3. The van der Waals surface area contributed by atoms with Gasteiger partial charge in [-0.1, -0.05) is 13.5 Å². The van der Waals surface area contributed by atoms with E-state index in [2.05, 4.69) is 16.9 Å². The van der Waals surface area contributed by atoms with Crippen molar-refractivity contribution in [2.75, 3.05) is 5.32 Å². The van der Waals surface area contributed by atoms with Crippen molar-refractivity contribution in [1.29, 1.82) is 0 Å². The van der Waals surface area contributed by atoms with Gasteiger partial charge in [-0.05, 0) is 42.8 Å². The minimum absolute atomic E-state index is 0.0304. The van der Waals surface area contributed by atoms with E-state index in [9.17, 15) is 14.0 Å². The number of carbonyl (C=O) groups is 1. The number of pyridine rings is 2. The summed E-state index contributed by atoms with van der Waals surface area (Å²) in [5.74, 6) is -0.589. The average Bonchev–Trinajstić information content (AvgIpc) is 2.72. The van der Waals surface area contributed by atoms with E-state index in [1.54, 1.807) is 37.5 Å². The molecule has 0 saturated heterocycles. The first-order valence-electron chi connectivity index (χ1n) is 8.97. The van der Waals surface area contributed by atoms with Gasteiger partial charge in [0.25, 0.3) is 5.56 Å². The van der Waals surface area contributed by atoms with Gasteiger partial charge in [0.15, 0.2) is 11.6 Å². The first-order valence-corrected chi connectivity index (χ1v) is 8.97. The zero-order valence-electron chi connectivity index (χ0n) is 16.1. The topological polar surface area (TPSA) is 73.2 Å². The summed E-state index contributed by atoms with van der Waals surface area (Å²) in [7, 11) is 1.66. The number of halogens is 1. The number of hydrogen-bond donors (Lipinski definition) is 1. The van der Waals surface area contributed by atoms with Crippen LogP contribution in [0, 0.1) is 5.82 Å². The highest BCUT2D eigenvalue weighted by Crippen LogP contribution is 2.36. The number of hydrogen-bond acceptors (Lipinski definition) is 4. The highest BCUT2D eigenvalue weighted by molar-refractivity contribution is 5.99. The highest BCUT2D eigenvalue weighted by Gasteiger charge is 2.14. The van der Waals surface area contributed by atoms with E-state index in [1.807, 2.05) is 6.92 Å². The fourth-order valence-electron chi connectivity index (χ4n) is 2.85. The summed E-state index contributed by atoms with van der Waals surface area (Å²) in [5, 5.41) is 2.69. The van der Waals surface area contributed by atoms with Crippen molar-refractivity contribution in [3.8, 4) is 22.6 Å². The van der Waals surface area contributed by atoms with Crippen LogP contribution >= 0.6 is 0 Å². The predicted octanol–water partition coefficient (Wildman–Crippen LogP) is 4.07. The second-order valence-corrected chi connectivity index (χ2v) is 6.34. The third kappa shape index (κ3) is 4.40. The van der Waals surface area contributed by atoms with Gasteiger partial charge in [0.05, 0.1) is 6.20 Å². The van der Waals surface area contributed by atoms with Crippen LogP contribution < -0.4 is 15.6 Å². The molecule has 0 aliphatic carbocycles. The summed E-state index contributed by atoms with van der Waals surface area (Å²) >= 11 is 0. The molecule has 1 aromatic carbocycles. The Hall–Kier alpha value is -3.74. The van der Waals surface area contributed by atoms with Gasteiger partial charge < -0.3 is 14.6 Å². The Labute approximate surface area is 167 Å². The van der Waals surface area contributed by atoms with Gasteiger partial charge in [0.1, 0.15) is 5.75 Å². The predicted molar refractivity (Wildman–Crippen MR) is 110 cm³/mol. The van der Waals surface area contributed by atoms with Crippen molar-refractivity contribution in [3.05, 3.63) is 83.3 Å². The smallest absolute Gasteiger partial charge is 0.253 e. The molecule has 0 unspecified atom stereocenters. The van der Waals surface area contributed by atoms with Crippen LogP contribution in [-0.2, 0) is 18.3 Å². The minimum atomic E-state index is -0.551. The van der Waals surface area contributed by atoms with Gasteiger partial charge in [-0.2, -0.15) is 0 Å². The quantitative estimate of drug-likeness (QED) is 0.641. The molecule has 3 aromatic rings. The molecule has 0 atom stereocenters. The molecule has 0 radical (unpaired) electrons. The second kappa shape index (κ2) is 8.52. The van der Waals surface area contributed by atoms with Gasteiger partial charge in [0.2, 0.25) is 5.91 Å². The third-order valence-electron chi connectivity index (χ3n) is 4.34. The van der Waals surface area contributed by atoms with Crippen LogP contribution in [-0.4, -0.2) is 15.5 Å². The molecule has 6 nitrogen and oxygen atoms in total. The van der Waals surface area contributed by atoms with E-state index in [-0.39, 0.29) is 17.2 Å². The number of rotatable bonds is 6. The van der Waals surface area contributed by atoms with E-state index in [0.29, 0.717) is 34.5 Å². The summed E-state index contributed by atoms with van der Waals surface area (Å²) in [6, 6.07) is 7.93. The van der Waals surface area contributed by atoms with E-state index < -0.39 is 5.82 Å². The molecule has 148 valence electrons. The third-order valence-corrected chi connectivity index (χ3v) is 4.34. The number of aryl methyl sites for hydroxylation is 2. The fourth-order valence-corrected chi connectivity index (χ4v) is 2.85. The summed E-state index contributed by atoms with van der Waals surface area (Å²) in [4.78, 5) is 27.8. The number of nitrogens with one attached hydrogen (secondary N) is 1. The Morgan fingerprint density at radius 3 is 2.79 bits per heavy atom. The monoisotopic (exact) mass is 393 g/mol. The molecule has 2 aromatic heterocycles. The largest absolute Gasteiger partial charge is 0.452 e. The number of nitrogens with zero attached hydrogens (tertiary/aromatic N) is 2. The van der Waals surface area contributed by atoms with Crippen molar-refractivity contribution in [2.45, 2.75) is 13.3 Å². The summed E-state index contributed by atoms with van der Waals surface area (Å²) in [6.07, 6.45) is 6.00. The van der Waals surface area contributed by atoms with Crippen molar-refractivity contribution >= 4 is 11.6 Å². The van der Waals surface area contributed by atoms with Gasteiger partial charge in [-0.15, -0.1) is 0 Å². The lowest BCUT2D eigenvalue weighted by Crippen LogP contribution is -2.20. The van der Waals surface area contributed by atoms with Gasteiger partial charge in [0, 0.05) is 41.8 Å². The van der Waals surface area contributed by atoms with Crippen LogP contribution in [0.25, 0.3) is 11.1 Å². The fraction of sp³-hybridized carbons (Fsp3) is 0.136. The van der Waals surface area contributed by atoms with Crippen molar-refractivity contribution < 1.29 is 13.9 Å². The molecule has 7 heteroatoms. The molecule has 0 saturated carbocycles. The average molecular weight is 393 g/mol. The Morgan fingerprint density at radius 2 is 2.10 bits per heavy atom. The van der Waals surface area contributed by atoms with Crippen LogP contribution in [0.5, 0.6) is 11.5 Å². The maximum Gasteiger partial charge on any atom is 0.253 e. The summed E-state index contributed by atoms with van der Waals surface area (Å²) in [5.41, 5.74) is 2.33. The minimum Gasteiger partial charge on any atom is -0.452 e. The number of anilines is 1. The van der Waals surface area contributed by atoms with Crippen LogP contribution in [0.3, 0.4) is 0 Å². The lowest BCUT2D eigenvalue weighted by atomic mass is 10.0. The standard InChI is InChI=1S/C22H20FN3O3/c1-4-14-10-15(13-26(3)22(14)28)17-11-16(25-21(27)5-2)6-7-19(17)29-20-12-24-9-8-18(20)23/h5-13H,2,4H2,1,3H3,(H,25,27). The Balaban J connectivity index is 2.15. The number of carbonyl (C=O) groups excluding carboxylic acids is 1. The zero-order chi connectivity index (χ0) is 21.0. The second-order valence-electron chi connectivity index (χ2n) is 6.34. The molecule has 29 heavy (non-hydrogen) atoms. The number of amides is 1. The Bertz CT molecular complexity index is 1140. The number of benzene rings is 1. The van der Waals surface area contributed by atoms with Crippen molar-refractivity contribution in [1.82, 2.24) is 9.55 Å². The van der Waals surface area contributed by atoms with Crippen molar-refractivity contribution in [2.24, 2.45) is 7.05 Å². The van der Waals surface area contributed by atoms with Crippen LogP contribution in [0.2, 0.25) is 0 Å². The normalized spacial score (nSPS) is 10.4. The van der Waals surface area contributed by atoms with Gasteiger partial charge in [-0.25, -0.2) is 4.39 Å². The number of aromatic nitrogens is 2. The molecular weight excluding hydrogens is 373 g/mol. The first-order chi connectivity index (χ1) is 13.9.